The van der Waals surface area contributed by atoms with E-state index in [1.165, 1.54) is 0 Å². The molecule has 0 amide bonds. The maximum Gasteiger partial charge on any atom is 0.245 e. The van der Waals surface area contributed by atoms with Gasteiger partial charge >= 0.3 is 0 Å². The molecule has 0 radical (unpaired) electrons. The molecular weight excluding hydrogens is 308 g/mol. The highest BCUT2D eigenvalue weighted by atomic mass is 16.3. The highest BCUT2D eigenvalue weighted by Gasteiger charge is 2.15. The minimum atomic E-state index is -0.265. The number of rotatable bonds is 3. The quantitative estimate of drug-likeness (QED) is 0.323. The van der Waals surface area contributed by atoms with Gasteiger partial charge in [-0.15, -0.1) is 0 Å². The Morgan fingerprint density at radius 1 is 0.720 bits per heavy atom. The van der Waals surface area contributed by atoms with Gasteiger partial charge in [0, 0.05) is 12.1 Å². The number of pyridine rings is 1. The van der Waals surface area contributed by atoms with Gasteiger partial charge in [0.05, 0.1) is 11.5 Å². The summed E-state index contributed by atoms with van der Waals surface area (Å²) in [4.78, 5) is 0. The van der Waals surface area contributed by atoms with E-state index in [-0.39, 0.29) is 5.90 Å². The molecule has 0 unspecified atom stereocenters. The van der Waals surface area contributed by atoms with Crippen molar-refractivity contribution in [2.75, 3.05) is 0 Å². The third kappa shape index (κ3) is 3.00. The highest BCUT2D eigenvalue weighted by molar-refractivity contribution is 5.95. The lowest BCUT2D eigenvalue weighted by Crippen LogP contribution is -2.35. The summed E-state index contributed by atoms with van der Waals surface area (Å²) in [5, 5.41) is 19.1. The molecule has 4 rings (SSSR count). The molecule has 0 atom stereocenters. The number of hydrogen-bond acceptors (Lipinski definition) is 2. The Bertz CT molecular complexity index is 1050. The molecule has 0 bridgehead atoms. The van der Waals surface area contributed by atoms with E-state index in [1.807, 2.05) is 54.6 Å². The molecule has 0 saturated heterocycles. The largest absolute Gasteiger partial charge is 0.854 e. The van der Waals surface area contributed by atoms with Crippen molar-refractivity contribution in [2.24, 2.45) is 5.10 Å². The molecular formula is C22H16N2O. The van der Waals surface area contributed by atoms with E-state index in [1.54, 1.807) is 23.0 Å². The molecule has 0 aliphatic heterocycles. The zero-order valence-electron chi connectivity index (χ0n) is 13.5. The van der Waals surface area contributed by atoms with Crippen LogP contribution in [-0.2, 0) is 0 Å². The number of fused-ring (bicyclic) bond motifs is 1. The molecule has 25 heavy (non-hydrogen) atoms. The van der Waals surface area contributed by atoms with Gasteiger partial charge < -0.3 is 5.11 Å². The van der Waals surface area contributed by atoms with Crippen LogP contribution >= 0.6 is 0 Å². The zero-order valence-corrected chi connectivity index (χ0v) is 13.5. The minimum Gasteiger partial charge on any atom is -0.854 e. The van der Waals surface area contributed by atoms with Gasteiger partial charge in [-0.05, 0) is 33.6 Å². The Kier molecular flexibility index (Phi) is 3.97. The number of nitrogens with zero attached hydrogens (tertiary/aromatic N) is 2. The van der Waals surface area contributed by atoms with Gasteiger partial charge in [0.2, 0.25) is 11.9 Å². The second-order valence-corrected chi connectivity index (χ2v) is 5.73. The smallest absolute Gasteiger partial charge is 0.245 e. The van der Waals surface area contributed by atoms with Crippen LogP contribution in [0, 0.1) is 0 Å². The predicted molar refractivity (Wildman–Crippen MR) is 98.0 cm³/mol. The lowest BCUT2D eigenvalue weighted by Gasteiger charge is -2.08. The van der Waals surface area contributed by atoms with Crippen molar-refractivity contribution in [3.05, 3.63) is 103 Å². The van der Waals surface area contributed by atoms with Gasteiger partial charge in [-0.1, -0.05) is 71.4 Å². The van der Waals surface area contributed by atoms with Crippen LogP contribution in [0.2, 0.25) is 0 Å². The Morgan fingerprint density at radius 2 is 1.44 bits per heavy atom. The van der Waals surface area contributed by atoms with E-state index in [2.05, 4.69) is 29.4 Å². The molecule has 1 heterocycles. The van der Waals surface area contributed by atoms with E-state index in [4.69, 9.17) is 0 Å². The molecule has 1 aromatic heterocycles. The molecule has 0 N–H and O–H groups in total. The summed E-state index contributed by atoms with van der Waals surface area (Å²) in [5.41, 5.74) is 2.50. The van der Waals surface area contributed by atoms with Crippen LogP contribution in [-0.4, -0.2) is 5.90 Å². The molecule has 4 aromatic rings. The molecule has 0 saturated carbocycles. The fourth-order valence-corrected chi connectivity index (χ4v) is 2.92. The standard InChI is InChI=1S/C22H16N2O/c25-22(18-10-2-1-3-11-18)23-24-16-7-6-15-21(24)20-14-8-12-17-9-4-5-13-19(17)20/h1-16H. The Labute approximate surface area is 146 Å². The second kappa shape index (κ2) is 6.57. The highest BCUT2D eigenvalue weighted by Crippen LogP contribution is 2.26. The van der Waals surface area contributed by atoms with Crippen molar-refractivity contribution in [3.63, 3.8) is 0 Å². The summed E-state index contributed by atoms with van der Waals surface area (Å²) in [7, 11) is 0. The first-order valence-corrected chi connectivity index (χ1v) is 8.13. The molecule has 0 spiro atoms. The summed E-state index contributed by atoms with van der Waals surface area (Å²) >= 11 is 0. The summed E-state index contributed by atoms with van der Waals surface area (Å²) in [6.07, 6.45) is 1.80. The number of hydrogen-bond donors (Lipinski definition) is 0. The first kappa shape index (κ1) is 15.1. The van der Waals surface area contributed by atoms with Gasteiger partial charge in [-0.3, -0.25) is 0 Å². The molecule has 3 nitrogen and oxygen atoms in total. The van der Waals surface area contributed by atoms with E-state index in [0.29, 0.717) is 5.56 Å². The van der Waals surface area contributed by atoms with Crippen molar-refractivity contribution in [1.82, 2.24) is 0 Å². The fraction of sp³-hybridized carbons (Fsp3) is 0. The first-order chi connectivity index (χ1) is 12.3. The van der Waals surface area contributed by atoms with Crippen LogP contribution in [0.3, 0.4) is 0 Å². The minimum absolute atomic E-state index is 0.265. The fourth-order valence-electron chi connectivity index (χ4n) is 2.92. The average molecular weight is 324 g/mol. The third-order valence-corrected chi connectivity index (χ3v) is 4.12. The van der Waals surface area contributed by atoms with Crippen LogP contribution in [0.4, 0.5) is 0 Å². The van der Waals surface area contributed by atoms with Crippen LogP contribution < -0.4 is 9.78 Å². The van der Waals surface area contributed by atoms with Crippen molar-refractivity contribution in [1.29, 1.82) is 0 Å². The maximum absolute atomic E-state index is 12.5. The van der Waals surface area contributed by atoms with Crippen LogP contribution in [0.5, 0.6) is 0 Å². The maximum atomic E-state index is 12.5. The Hall–Kier alpha value is -3.46. The van der Waals surface area contributed by atoms with Crippen molar-refractivity contribution >= 4 is 16.7 Å². The summed E-state index contributed by atoms with van der Waals surface area (Å²) in [6.45, 7) is 0. The van der Waals surface area contributed by atoms with Gasteiger partial charge in [-0.25, -0.2) is 0 Å². The third-order valence-electron chi connectivity index (χ3n) is 4.12. The SMILES string of the molecule is [O-]/C(=N/[n+]1ccccc1-c1cccc2ccccc12)c1ccccc1. The zero-order chi connectivity index (χ0) is 17.1. The van der Waals surface area contributed by atoms with Crippen LogP contribution in [0.1, 0.15) is 5.56 Å². The van der Waals surface area contributed by atoms with Gasteiger partial charge in [0.25, 0.3) is 0 Å². The van der Waals surface area contributed by atoms with Gasteiger partial charge in [0.1, 0.15) is 0 Å². The molecule has 0 aliphatic rings. The predicted octanol–water partition coefficient (Wildman–Crippen LogP) is 3.36. The number of aromatic nitrogens is 1. The van der Waals surface area contributed by atoms with E-state index in [9.17, 15) is 5.11 Å². The number of benzene rings is 3. The lowest BCUT2D eigenvalue weighted by atomic mass is 10.0. The molecule has 3 aromatic carbocycles. The summed E-state index contributed by atoms with van der Waals surface area (Å²) < 4.78 is 1.65. The van der Waals surface area contributed by atoms with Crippen molar-refractivity contribution in [3.8, 4) is 11.3 Å². The second-order valence-electron chi connectivity index (χ2n) is 5.73. The summed E-state index contributed by atoms with van der Waals surface area (Å²) in [5.74, 6) is -0.265. The van der Waals surface area contributed by atoms with E-state index >= 15 is 0 Å². The molecule has 0 aliphatic carbocycles. The topological polar surface area (TPSA) is 39.3 Å². The average Bonchev–Trinajstić information content (AvgIpc) is 2.69. The van der Waals surface area contributed by atoms with Gasteiger partial charge in [-0.2, -0.15) is 0 Å². The van der Waals surface area contributed by atoms with E-state index in [0.717, 1.165) is 22.0 Å². The Morgan fingerprint density at radius 3 is 2.32 bits per heavy atom. The summed E-state index contributed by atoms with van der Waals surface area (Å²) in [6, 6.07) is 29.3. The van der Waals surface area contributed by atoms with Gasteiger partial charge in [0.15, 0.2) is 0 Å². The first-order valence-electron chi connectivity index (χ1n) is 8.13. The van der Waals surface area contributed by atoms with Crippen LogP contribution in [0.25, 0.3) is 22.0 Å². The Balaban J connectivity index is 1.88. The van der Waals surface area contributed by atoms with Crippen molar-refractivity contribution in [2.45, 2.75) is 0 Å². The van der Waals surface area contributed by atoms with E-state index < -0.39 is 0 Å². The normalized spacial score (nSPS) is 11.6. The van der Waals surface area contributed by atoms with Crippen molar-refractivity contribution < 1.29 is 9.78 Å². The molecule has 3 heteroatoms. The lowest BCUT2D eigenvalue weighted by molar-refractivity contribution is -0.670. The van der Waals surface area contributed by atoms with Crippen LogP contribution in [0.15, 0.2) is 102 Å². The molecule has 0 fully saturated rings. The monoisotopic (exact) mass is 324 g/mol. The molecule has 120 valence electrons.